The predicted octanol–water partition coefficient (Wildman–Crippen LogP) is 1.27. The number of aromatic nitrogens is 1. The Bertz CT molecular complexity index is 448. The Hall–Kier alpha value is -1.43. The monoisotopic (exact) mass is 256 g/mol. The van der Waals surface area contributed by atoms with Gasteiger partial charge in [0, 0.05) is 40.7 Å². The van der Waals surface area contributed by atoms with Gasteiger partial charge in [-0.25, -0.2) is 4.79 Å². The first-order chi connectivity index (χ1) is 7.90. The average molecular weight is 256 g/mol. The second-order valence-corrected chi connectivity index (χ2v) is 5.44. The number of hydrogen-bond acceptors (Lipinski definition) is 4. The molecule has 2 unspecified atom stereocenters. The minimum absolute atomic E-state index is 0.0549. The number of aromatic carboxylic acids is 1. The minimum Gasteiger partial charge on any atom is -0.478 e. The summed E-state index contributed by atoms with van der Waals surface area (Å²) < 4.78 is 11.1. The molecule has 0 bridgehead atoms. The molecule has 5 nitrogen and oxygen atoms in total. The zero-order valence-corrected chi connectivity index (χ0v) is 10.9. The van der Waals surface area contributed by atoms with Crippen molar-refractivity contribution in [3.05, 3.63) is 23.5 Å². The Morgan fingerprint density at radius 2 is 2.29 bits per heavy atom. The van der Waals surface area contributed by atoms with E-state index >= 15 is 0 Å². The number of hydrogen-bond donors (Lipinski definition) is 2. The summed E-state index contributed by atoms with van der Waals surface area (Å²) in [7, 11) is -0.918. The lowest BCUT2D eigenvalue weighted by molar-refractivity contribution is 0.0697. The minimum atomic E-state index is -1.02. The number of nitrogens with one attached hydrogen (secondary N) is 1. The van der Waals surface area contributed by atoms with E-state index in [1.807, 2.05) is 6.92 Å². The topological polar surface area (TPSA) is 79.3 Å². The molecule has 0 fully saturated rings. The predicted molar refractivity (Wildman–Crippen MR) is 68.0 cm³/mol. The highest BCUT2D eigenvalue weighted by atomic mass is 32.2. The lowest BCUT2D eigenvalue weighted by Crippen LogP contribution is -2.23. The molecule has 0 amide bonds. The van der Waals surface area contributed by atoms with Gasteiger partial charge < -0.3 is 10.4 Å². The molecule has 1 heterocycles. The number of rotatable bonds is 5. The van der Waals surface area contributed by atoms with Crippen LogP contribution in [0.4, 0.5) is 5.69 Å². The molecule has 0 aliphatic rings. The molecule has 1 aromatic rings. The van der Waals surface area contributed by atoms with Gasteiger partial charge in [-0.1, -0.05) is 0 Å². The van der Waals surface area contributed by atoms with Gasteiger partial charge in [0.05, 0.1) is 5.69 Å². The highest BCUT2D eigenvalue weighted by Gasteiger charge is 2.13. The van der Waals surface area contributed by atoms with Crippen LogP contribution in [-0.2, 0) is 10.8 Å². The number of aryl methyl sites for hydroxylation is 1. The molecule has 94 valence electrons. The average Bonchev–Trinajstić information content (AvgIpc) is 2.15. The van der Waals surface area contributed by atoms with Crippen LogP contribution in [0.25, 0.3) is 0 Å². The molecule has 1 rings (SSSR count). The molecular weight excluding hydrogens is 240 g/mol. The van der Waals surface area contributed by atoms with Crippen LogP contribution in [-0.4, -0.2) is 38.3 Å². The van der Waals surface area contributed by atoms with Gasteiger partial charge in [-0.3, -0.25) is 9.19 Å². The molecule has 0 spiro atoms. The smallest absolute Gasteiger partial charge is 0.339 e. The van der Waals surface area contributed by atoms with Gasteiger partial charge in [-0.15, -0.1) is 0 Å². The van der Waals surface area contributed by atoms with Crippen LogP contribution < -0.4 is 5.32 Å². The van der Waals surface area contributed by atoms with E-state index < -0.39 is 16.8 Å². The van der Waals surface area contributed by atoms with Crippen molar-refractivity contribution >= 4 is 22.5 Å². The van der Waals surface area contributed by atoms with E-state index in [0.29, 0.717) is 11.4 Å². The third kappa shape index (κ3) is 4.14. The first-order valence-electron chi connectivity index (χ1n) is 5.16. The largest absolute Gasteiger partial charge is 0.478 e. The van der Waals surface area contributed by atoms with E-state index in [1.165, 1.54) is 6.20 Å². The van der Waals surface area contributed by atoms with Crippen molar-refractivity contribution in [2.75, 3.05) is 17.3 Å². The maximum absolute atomic E-state index is 11.1. The van der Waals surface area contributed by atoms with Crippen LogP contribution >= 0.6 is 0 Å². The Kier molecular flexibility index (Phi) is 4.62. The summed E-state index contributed by atoms with van der Waals surface area (Å²) in [5, 5.41) is 12.1. The summed E-state index contributed by atoms with van der Waals surface area (Å²) >= 11 is 0. The second-order valence-electron chi connectivity index (χ2n) is 3.96. The van der Waals surface area contributed by atoms with Crippen LogP contribution in [0.5, 0.6) is 0 Å². The summed E-state index contributed by atoms with van der Waals surface area (Å²) in [5.74, 6) is -0.551. The quantitative estimate of drug-likeness (QED) is 0.829. The van der Waals surface area contributed by atoms with Crippen molar-refractivity contribution in [2.24, 2.45) is 0 Å². The van der Waals surface area contributed by atoms with Gasteiger partial charge in [-0.05, 0) is 19.9 Å². The Morgan fingerprint density at radius 3 is 2.82 bits per heavy atom. The molecule has 2 atom stereocenters. The summed E-state index contributed by atoms with van der Waals surface area (Å²) in [4.78, 5) is 14.9. The first kappa shape index (κ1) is 13.6. The first-order valence-corrected chi connectivity index (χ1v) is 6.89. The molecule has 2 N–H and O–H groups in total. The van der Waals surface area contributed by atoms with Crippen LogP contribution in [0.2, 0.25) is 0 Å². The summed E-state index contributed by atoms with van der Waals surface area (Å²) in [6.07, 6.45) is 2.95. The lowest BCUT2D eigenvalue weighted by atomic mass is 10.2. The molecular formula is C11H16N2O3S. The molecule has 6 heteroatoms. The van der Waals surface area contributed by atoms with Crippen molar-refractivity contribution in [2.45, 2.75) is 19.9 Å². The van der Waals surface area contributed by atoms with E-state index in [1.54, 1.807) is 19.2 Å². The third-order valence-corrected chi connectivity index (χ3v) is 3.13. The van der Waals surface area contributed by atoms with E-state index in [0.717, 1.165) is 5.69 Å². The molecule has 0 aliphatic carbocycles. The SMILES string of the molecule is Cc1cc(NC(C)CS(C)=O)c(C(=O)O)cn1. The number of nitrogens with zero attached hydrogens (tertiary/aromatic N) is 1. The summed E-state index contributed by atoms with van der Waals surface area (Å²) in [6, 6.07) is 1.62. The van der Waals surface area contributed by atoms with Gasteiger partial charge in [0.1, 0.15) is 5.56 Å². The molecule has 0 radical (unpaired) electrons. The fourth-order valence-corrected chi connectivity index (χ4v) is 2.30. The number of pyridine rings is 1. The van der Waals surface area contributed by atoms with Crippen molar-refractivity contribution in [1.82, 2.24) is 4.98 Å². The molecule has 0 aliphatic heterocycles. The molecule has 17 heavy (non-hydrogen) atoms. The van der Waals surface area contributed by atoms with Gasteiger partial charge >= 0.3 is 5.97 Å². The molecule has 1 aromatic heterocycles. The van der Waals surface area contributed by atoms with Gasteiger partial charge in [0.15, 0.2) is 0 Å². The van der Waals surface area contributed by atoms with Crippen molar-refractivity contribution < 1.29 is 14.1 Å². The fourth-order valence-electron chi connectivity index (χ4n) is 1.51. The van der Waals surface area contributed by atoms with Gasteiger partial charge in [0.2, 0.25) is 0 Å². The number of carboxylic acid groups (broad SMARTS) is 1. The lowest BCUT2D eigenvalue weighted by Gasteiger charge is -2.15. The van der Waals surface area contributed by atoms with Gasteiger partial charge in [-0.2, -0.15) is 0 Å². The van der Waals surface area contributed by atoms with Crippen LogP contribution in [0, 0.1) is 6.92 Å². The van der Waals surface area contributed by atoms with E-state index in [4.69, 9.17) is 5.11 Å². The maximum Gasteiger partial charge on any atom is 0.339 e. The van der Waals surface area contributed by atoms with E-state index in [2.05, 4.69) is 10.3 Å². The van der Waals surface area contributed by atoms with E-state index in [9.17, 15) is 9.00 Å². The zero-order chi connectivity index (χ0) is 13.0. The Morgan fingerprint density at radius 1 is 1.65 bits per heavy atom. The second kappa shape index (κ2) is 5.77. The third-order valence-electron chi connectivity index (χ3n) is 2.16. The molecule has 0 saturated carbocycles. The van der Waals surface area contributed by atoms with Crippen LogP contribution in [0.1, 0.15) is 23.0 Å². The fraction of sp³-hybridized carbons (Fsp3) is 0.455. The van der Waals surface area contributed by atoms with Crippen LogP contribution in [0.15, 0.2) is 12.3 Å². The highest BCUT2D eigenvalue weighted by molar-refractivity contribution is 7.84. The number of anilines is 1. The standard InChI is InChI=1S/C11H16N2O3S/c1-7-4-10(9(5-12-7)11(14)15)13-8(2)6-17(3)16/h4-5,8H,6H2,1-3H3,(H,12,13)(H,14,15). The summed E-state index contributed by atoms with van der Waals surface area (Å²) in [5.41, 5.74) is 1.38. The normalized spacial score (nSPS) is 14.1. The van der Waals surface area contributed by atoms with Crippen molar-refractivity contribution in [3.63, 3.8) is 0 Å². The number of carboxylic acids is 1. The summed E-state index contributed by atoms with van der Waals surface area (Å²) in [6.45, 7) is 3.66. The Labute approximate surface area is 103 Å². The zero-order valence-electron chi connectivity index (χ0n) is 10.1. The molecule has 0 aromatic carbocycles. The van der Waals surface area contributed by atoms with Crippen molar-refractivity contribution in [3.8, 4) is 0 Å². The van der Waals surface area contributed by atoms with Gasteiger partial charge in [0.25, 0.3) is 0 Å². The Balaban J connectivity index is 2.92. The van der Waals surface area contributed by atoms with Crippen LogP contribution in [0.3, 0.4) is 0 Å². The maximum atomic E-state index is 11.1. The van der Waals surface area contributed by atoms with E-state index in [-0.39, 0.29) is 11.6 Å². The highest BCUT2D eigenvalue weighted by Crippen LogP contribution is 2.16. The number of carbonyl (C=O) groups is 1. The van der Waals surface area contributed by atoms with Crippen molar-refractivity contribution in [1.29, 1.82) is 0 Å². The molecule has 0 saturated heterocycles.